The molecule has 9 heteroatoms. The van der Waals surface area contributed by atoms with E-state index >= 15 is 0 Å². The van der Waals surface area contributed by atoms with Crippen molar-refractivity contribution in [3.63, 3.8) is 0 Å². The Morgan fingerprint density at radius 1 is 1.13 bits per heavy atom. The monoisotopic (exact) mass is 437 g/mol. The first-order valence-electron chi connectivity index (χ1n) is 10.0. The number of nitro groups is 1. The summed E-state index contributed by atoms with van der Waals surface area (Å²) < 4.78 is 5.71. The van der Waals surface area contributed by atoms with Crippen molar-refractivity contribution in [1.82, 2.24) is 5.01 Å². The normalized spacial score (nSPS) is 29.5. The van der Waals surface area contributed by atoms with Crippen LogP contribution in [0.1, 0.15) is 18.6 Å². The minimum Gasteiger partial charge on any atom is -0.455 e. The number of allylic oxidation sites excluding steroid dienone is 2. The second-order valence-electron chi connectivity index (χ2n) is 8.58. The molecule has 1 aliphatic heterocycles. The number of nitrogens with zero attached hydrogens (tertiary/aromatic N) is 3. The molecule has 6 rings (SSSR count). The maximum atomic E-state index is 12.9. The molecular weight excluding hydrogens is 422 g/mol. The topological polar surface area (TPSA) is 106 Å². The van der Waals surface area contributed by atoms with Crippen molar-refractivity contribution in [2.45, 2.75) is 12.8 Å². The number of carbonyl (C=O) groups excluding carboxylic acids is 2. The molecule has 4 aliphatic rings. The van der Waals surface area contributed by atoms with Crippen LogP contribution >= 0.6 is 11.6 Å². The number of fused-ring (bicyclic) bond motifs is 3. The fourth-order valence-corrected chi connectivity index (χ4v) is 5.94. The van der Waals surface area contributed by atoms with Gasteiger partial charge < -0.3 is 4.42 Å². The lowest BCUT2D eigenvalue weighted by atomic mass is 9.85. The lowest BCUT2D eigenvalue weighted by Gasteiger charge is -2.18. The van der Waals surface area contributed by atoms with Crippen LogP contribution in [0.4, 0.5) is 5.69 Å². The first-order chi connectivity index (χ1) is 14.9. The quantitative estimate of drug-likeness (QED) is 0.236. The summed E-state index contributed by atoms with van der Waals surface area (Å²) in [4.78, 5) is 36.2. The van der Waals surface area contributed by atoms with Gasteiger partial charge >= 0.3 is 0 Å². The molecule has 1 spiro atoms. The van der Waals surface area contributed by atoms with Crippen molar-refractivity contribution in [2.75, 3.05) is 0 Å². The first kappa shape index (κ1) is 18.5. The zero-order chi connectivity index (χ0) is 21.5. The van der Waals surface area contributed by atoms with Crippen LogP contribution in [0.15, 0.2) is 52.0 Å². The Labute approximate surface area is 181 Å². The molecule has 2 saturated carbocycles. The van der Waals surface area contributed by atoms with Crippen LogP contribution in [0, 0.1) is 39.2 Å². The summed E-state index contributed by atoms with van der Waals surface area (Å²) in [7, 11) is 0. The van der Waals surface area contributed by atoms with E-state index in [1.165, 1.54) is 24.4 Å². The number of furan rings is 1. The van der Waals surface area contributed by atoms with E-state index in [-0.39, 0.29) is 51.6 Å². The Hall–Kier alpha value is -3.26. The second kappa shape index (κ2) is 6.13. The van der Waals surface area contributed by atoms with Gasteiger partial charge in [0.15, 0.2) is 0 Å². The standard InChI is InChI=1S/C22H16ClN3O5/c23-16-9-11(26(29)30)1-3-13(16)17-6-2-12(31-17)10-24-25-20(27)18-14-4-5-15(19(18)21(25)28)22(14)7-8-22/h1-6,9-10,14-15,18-19H,7-8H2/b24-10-/t14-,15-,18-,19+/m1/s1. The molecule has 1 aromatic heterocycles. The van der Waals surface area contributed by atoms with E-state index in [9.17, 15) is 19.7 Å². The third kappa shape index (κ3) is 2.45. The number of amides is 2. The molecule has 2 aromatic rings. The molecule has 2 amide bonds. The van der Waals surface area contributed by atoms with E-state index in [4.69, 9.17) is 16.0 Å². The fraction of sp³-hybridized carbons (Fsp3) is 0.318. The van der Waals surface area contributed by atoms with Gasteiger partial charge in [0.1, 0.15) is 11.5 Å². The molecule has 3 aliphatic carbocycles. The fourth-order valence-electron chi connectivity index (χ4n) is 5.68. The molecular formula is C22H16ClN3O5. The van der Waals surface area contributed by atoms with Gasteiger partial charge in [0.2, 0.25) is 0 Å². The minimum absolute atomic E-state index is 0.116. The molecule has 2 heterocycles. The lowest BCUT2D eigenvalue weighted by molar-refractivity contribution is -0.384. The SMILES string of the molecule is O=C1[C@@H]2[C@H](C(=O)N1/N=C\c1ccc(-c3ccc([N+](=O)[O-])cc3Cl)o1)[C@H]1C=C[C@H]2C12CC2. The molecule has 8 nitrogen and oxygen atoms in total. The van der Waals surface area contributed by atoms with E-state index < -0.39 is 4.92 Å². The Kier molecular flexibility index (Phi) is 3.66. The highest BCUT2D eigenvalue weighted by molar-refractivity contribution is 6.33. The zero-order valence-corrected chi connectivity index (χ0v) is 16.9. The van der Waals surface area contributed by atoms with Gasteiger partial charge in [-0.3, -0.25) is 19.7 Å². The Morgan fingerprint density at radius 2 is 1.81 bits per heavy atom. The van der Waals surface area contributed by atoms with Gasteiger partial charge in [-0.05, 0) is 48.3 Å². The smallest absolute Gasteiger partial charge is 0.270 e. The highest BCUT2D eigenvalue weighted by atomic mass is 35.5. The molecule has 1 saturated heterocycles. The molecule has 1 aromatic carbocycles. The van der Waals surface area contributed by atoms with Crippen LogP contribution in [-0.4, -0.2) is 28.0 Å². The number of non-ortho nitro benzene ring substituents is 1. The second-order valence-corrected chi connectivity index (χ2v) is 8.98. The Bertz CT molecular complexity index is 1190. The Balaban J connectivity index is 1.23. The maximum Gasteiger partial charge on any atom is 0.270 e. The number of hydrazone groups is 1. The van der Waals surface area contributed by atoms with Crippen LogP contribution in [0.25, 0.3) is 11.3 Å². The van der Waals surface area contributed by atoms with Gasteiger partial charge in [-0.15, -0.1) is 0 Å². The van der Waals surface area contributed by atoms with Crippen molar-refractivity contribution in [2.24, 2.45) is 34.2 Å². The molecule has 156 valence electrons. The maximum absolute atomic E-state index is 12.9. The number of hydrogen-bond acceptors (Lipinski definition) is 6. The van der Waals surface area contributed by atoms with Gasteiger partial charge in [-0.1, -0.05) is 23.8 Å². The highest BCUT2D eigenvalue weighted by Gasteiger charge is 2.73. The number of hydrogen-bond donors (Lipinski definition) is 0. The van der Waals surface area contributed by atoms with Gasteiger partial charge in [-0.2, -0.15) is 10.1 Å². The van der Waals surface area contributed by atoms with Gasteiger partial charge in [0.05, 0.1) is 28.0 Å². The molecule has 3 fully saturated rings. The number of carbonyl (C=O) groups is 2. The van der Waals surface area contributed by atoms with Crippen molar-refractivity contribution < 1.29 is 18.9 Å². The van der Waals surface area contributed by atoms with E-state index in [1.54, 1.807) is 12.1 Å². The lowest BCUT2D eigenvalue weighted by Crippen LogP contribution is -2.30. The number of benzene rings is 1. The van der Waals surface area contributed by atoms with Gasteiger partial charge in [-0.25, -0.2) is 0 Å². The minimum atomic E-state index is -0.526. The highest BCUT2D eigenvalue weighted by Crippen LogP contribution is 2.73. The molecule has 2 bridgehead atoms. The average molecular weight is 438 g/mol. The third-order valence-electron chi connectivity index (χ3n) is 7.19. The molecule has 31 heavy (non-hydrogen) atoms. The van der Waals surface area contributed by atoms with E-state index in [2.05, 4.69) is 17.3 Å². The average Bonchev–Trinajstić information content (AvgIpc) is 3.03. The first-order valence-corrected chi connectivity index (χ1v) is 10.4. The molecule has 0 unspecified atom stereocenters. The zero-order valence-electron chi connectivity index (χ0n) is 16.1. The molecule has 0 N–H and O–H groups in total. The van der Waals surface area contributed by atoms with Crippen molar-refractivity contribution in [3.8, 4) is 11.3 Å². The van der Waals surface area contributed by atoms with Gasteiger partial charge in [0.25, 0.3) is 17.5 Å². The summed E-state index contributed by atoms with van der Waals surface area (Å²) in [6.07, 6.45) is 7.74. The van der Waals surface area contributed by atoms with Crippen molar-refractivity contribution >= 4 is 35.3 Å². The summed E-state index contributed by atoms with van der Waals surface area (Å²) in [6, 6.07) is 7.38. The van der Waals surface area contributed by atoms with Crippen LogP contribution in [0.3, 0.4) is 0 Å². The summed E-state index contributed by atoms with van der Waals surface area (Å²) in [5, 5.41) is 16.2. The molecule has 0 radical (unpaired) electrons. The summed E-state index contributed by atoms with van der Waals surface area (Å²) in [5.41, 5.74) is 0.526. The van der Waals surface area contributed by atoms with E-state index in [1.807, 2.05) is 0 Å². The van der Waals surface area contributed by atoms with E-state index in [0.717, 1.165) is 17.9 Å². The summed E-state index contributed by atoms with van der Waals surface area (Å²) >= 11 is 6.15. The van der Waals surface area contributed by atoms with Crippen molar-refractivity contribution in [1.29, 1.82) is 0 Å². The van der Waals surface area contributed by atoms with Crippen molar-refractivity contribution in [3.05, 3.63) is 63.4 Å². The van der Waals surface area contributed by atoms with E-state index in [0.29, 0.717) is 17.1 Å². The number of halogens is 1. The number of nitro benzene ring substituents is 1. The predicted molar refractivity (Wildman–Crippen MR) is 110 cm³/mol. The van der Waals surface area contributed by atoms with Crippen LogP contribution in [0.2, 0.25) is 5.02 Å². The number of rotatable bonds is 4. The summed E-state index contributed by atoms with van der Waals surface area (Å²) in [6.45, 7) is 0. The third-order valence-corrected chi connectivity index (χ3v) is 7.50. The van der Waals surface area contributed by atoms with Crippen LogP contribution < -0.4 is 0 Å². The number of imide groups is 1. The van der Waals surface area contributed by atoms with Crippen LogP contribution in [-0.2, 0) is 9.59 Å². The largest absolute Gasteiger partial charge is 0.455 e. The Morgan fingerprint density at radius 3 is 2.39 bits per heavy atom. The predicted octanol–water partition coefficient (Wildman–Crippen LogP) is 4.04. The summed E-state index contributed by atoms with van der Waals surface area (Å²) in [5.74, 6) is -0.0325. The van der Waals surface area contributed by atoms with Crippen LogP contribution in [0.5, 0.6) is 0 Å². The van der Waals surface area contributed by atoms with Gasteiger partial charge in [0, 0.05) is 17.7 Å². The molecule has 4 atom stereocenters.